The maximum atomic E-state index is 12.6. The Morgan fingerprint density at radius 1 is 1.06 bits per heavy atom. The fourth-order valence-corrected chi connectivity index (χ4v) is 4.73. The lowest BCUT2D eigenvalue weighted by Crippen LogP contribution is -2.31. The van der Waals surface area contributed by atoms with Gasteiger partial charge in [-0.15, -0.1) is 0 Å². The van der Waals surface area contributed by atoms with Gasteiger partial charge in [0.05, 0.1) is 5.92 Å². The van der Waals surface area contributed by atoms with Crippen molar-refractivity contribution in [3.8, 4) is 11.1 Å². The number of carboxylic acids is 1. The van der Waals surface area contributed by atoms with Gasteiger partial charge in [0.15, 0.2) is 0 Å². The van der Waals surface area contributed by atoms with Gasteiger partial charge in [-0.3, -0.25) is 9.59 Å². The van der Waals surface area contributed by atoms with Crippen LogP contribution >= 0.6 is 0 Å². The number of benzene rings is 2. The molecule has 2 aromatic carbocycles. The topological polar surface area (TPSA) is 95.9 Å². The zero-order valence-electron chi connectivity index (χ0n) is 18.8. The molecule has 1 heterocycles. The van der Waals surface area contributed by atoms with Crippen molar-refractivity contribution < 1.29 is 24.2 Å². The fraction of sp³-hybridized carbons (Fsp3) is 0.346. The Kier molecular flexibility index (Phi) is 6.49. The quantitative estimate of drug-likeness (QED) is 0.658. The average Bonchev–Trinajstić information content (AvgIpc) is 3.35. The highest BCUT2D eigenvalue weighted by Crippen LogP contribution is 2.44. The van der Waals surface area contributed by atoms with Gasteiger partial charge in [0.25, 0.3) is 0 Å². The molecule has 2 amide bonds. The van der Waals surface area contributed by atoms with Crippen LogP contribution in [0.25, 0.3) is 11.1 Å². The van der Waals surface area contributed by atoms with Crippen LogP contribution in [0.3, 0.4) is 0 Å². The number of hydrogen-bond acceptors (Lipinski definition) is 4. The molecule has 172 valence electrons. The first kappa shape index (κ1) is 22.6. The fourth-order valence-electron chi connectivity index (χ4n) is 4.73. The van der Waals surface area contributed by atoms with Crippen LogP contribution in [-0.4, -0.2) is 54.2 Å². The molecule has 1 aliphatic heterocycles. The van der Waals surface area contributed by atoms with Crippen LogP contribution < -0.4 is 5.32 Å². The molecule has 0 radical (unpaired) electrons. The largest absolute Gasteiger partial charge is 0.481 e. The van der Waals surface area contributed by atoms with Gasteiger partial charge in [-0.25, -0.2) is 4.79 Å². The van der Waals surface area contributed by atoms with E-state index >= 15 is 0 Å². The van der Waals surface area contributed by atoms with Crippen LogP contribution in [0, 0.1) is 11.8 Å². The van der Waals surface area contributed by atoms with E-state index in [2.05, 4.69) is 29.6 Å². The molecule has 1 fully saturated rings. The smallest absolute Gasteiger partial charge is 0.407 e. The van der Waals surface area contributed by atoms with Gasteiger partial charge in [-0.2, -0.15) is 0 Å². The summed E-state index contributed by atoms with van der Waals surface area (Å²) in [4.78, 5) is 37.7. The number of aliphatic carboxylic acids is 1. The molecule has 0 spiro atoms. The predicted molar refractivity (Wildman–Crippen MR) is 124 cm³/mol. The summed E-state index contributed by atoms with van der Waals surface area (Å²) >= 11 is 0. The number of fused-ring (bicyclic) bond motifs is 3. The Morgan fingerprint density at radius 2 is 1.67 bits per heavy atom. The standard InChI is InChI=1S/C26H28N2O5/c1-16(24(29)28-13-17(2)22(14-28)25(30)31)11-12-27-26(32)33-15-23-20-9-5-3-7-18(20)19-8-4-6-10-21(19)23/h3-11,17,22-23H,12-15H2,1-2H3,(H,27,32)(H,30,31)/b16-11+. The van der Waals surface area contributed by atoms with Gasteiger partial charge in [0.1, 0.15) is 6.61 Å². The molecular formula is C26H28N2O5. The van der Waals surface area contributed by atoms with Crippen LogP contribution in [0.2, 0.25) is 0 Å². The molecule has 2 unspecified atom stereocenters. The Morgan fingerprint density at radius 3 is 2.24 bits per heavy atom. The second-order valence-corrected chi connectivity index (χ2v) is 8.73. The minimum absolute atomic E-state index is 0.0126. The minimum Gasteiger partial charge on any atom is -0.481 e. The van der Waals surface area contributed by atoms with Crippen molar-refractivity contribution in [2.75, 3.05) is 26.2 Å². The van der Waals surface area contributed by atoms with Gasteiger partial charge < -0.3 is 20.1 Å². The number of nitrogens with zero attached hydrogens (tertiary/aromatic N) is 1. The molecule has 1 saturated heterocycles. The molecule has 7 heteroatoms. The highest BCUT2D eigenvalue weighted by molar-refractivity contribution is 5.93. The number of nitrogens with one attached hydrogen (secondary N) is 1. The normalized spacial score (nSPS) is 19.7. The summed E-state index contributed by atoms with van der Waals surface area (Å²) in [5, 5.41) is 11.9. The lowest BCUT2D eigenvalue weighted by atomic mass is 9.98. The molecule has 2 atom stereocenters. The third kappa shape index (κ3) is 4.62. The number of carboxylic acid groups (broad SMARTS) is 1. The SMILES string of the molecule is C/C(=C\CNC(=O)OCC1c2ccccc2-c2ccccc21)C(=O)N1CC(C)C(C(=O)O)C1. The van der Waals surface area contributed by atoms with E-state index in [9.17, 15) is 19.5 Å². The van der Waals surface area contributed by atoms with Gasteiger partial charge in [-0.05, 0) is 35.1 Å². The van der Waals surface area contributed by atoms with Crippen LogP contribution in [0.15, 0.2) is 60.2 Å². The molecule has 2 aliphatic rings. The molecule has 2 N–H and O–H groups in total. The van der Waals surface area contributed by atoms with Crippen molar-refractivity contribution in [1.82, 2.24) is 10.2 Å². The van der Waals surface area contributed by atoms with Gasteiger partial charge in [0, 0.05) is 31.1 Å². The van der Waals surface area contributed by atoms with E-state index in [1.54, 1.807) is 17.9 Å². The molecular weight excluding hydrogens is 420 g/mol. The summed E-state index contributed by atoms with van der Waals surface area (Å²) in [6.07, 6.45) is 1.08. The van der Waals surface area contributed by atoms with Crippen LogP contribution in [0.4, 0.5) is 4.79 Å². The number of hydrogen-bond donors (Lipinski definition) is 2. The van der Waals surface area contributed by atoms with E-state index in [1.807, 2.05) is 31.2 Å². The van der Waals surface area contributed by atoms with Crippen molar-refractivity contribution in [1.29, 1.82) is 0 Å². The summed E-state index contributed by atoms with van der Waals surface area (Å²) < 4.78 is 5.50. The zero-order valence-corrected chi connectivity index (χ0v) is 18.8. The number of alkyl carbamates (subject to hydrolysis) is 1. The summed E-state index contributed by atoms with van der Waals surface area (Å²) in [5.41, 5.74) is 5.09. The van der Waals surface area contributed by atoms with Crippen molar-refractivity contribution in [2.24, 2.45) is 11.8 Å². The molecule has 33 heavy (non-hydrogen) atoms. The van der Waals surface area contributed by atoms with E-state index < -0.39 is 18.0 Å². The molecule has 0 bridgehead atoms. The maximum Gasteiger partial charge on any atom is 0.407 e. The van der Waals surface area contributed by atoms with Crippen molar-refractivity contribution in [2.45, 2.75) is 19.8 Å². The van der Waals surface area contributed by atoms with Crippen LogP contribution in [0.5, 0.6) is 0 Å². The molecule has 0 aromatic heterocycles. The zero-order chi connectivity index (χ0) is 23.5. The summed E-state index contributed by atoms with van der Waals surface area (Å²) in [6.45, 7) is 4.51. The lowest BCUT2D eigenvalue weighted by Gasteiger charge is -2.16. The monoisotopic (exact) mass is 448 g/mol. The Bertz CT molecular complexity index is 1060. The van der Waals surface area contributed by atoms with E-state index in [-0.39, 0.29) is 37.4 Å². The molecule has 0 saturated carbocycles. The highest BCUT2D eigenvalue weighted by Gasteiger charge is 2.37. The van der Waals surface area contributed by atoms with Crippen molar-refractivity contribution in [3.05, 3.63) is 71.3 Å². The van der Waals surface area contributed by atoms with Gasteiger partial charge in [0.2, 0.25) is 5.91 Å². The van der Waals surface area contributed by atoms with Crippen LogP contribution in [0.1, 0.15) is 30.9 Å². The van der Waals surface area contributed by atoms with Gasteiger partial charge in [-0.1, -0.05) is 61.5 Å². The van der Waals surface area contributed by atoms with Gasteiger partial charge >= 0.3 is 12.1 Å². The first-order valence-corrected chi connectivity index (χ1v) is 11.1. The second kappa shape index (κ2) is 9.48. The summed E-state index contributed by atoms with van der Waals surface area (Å²) in [5.74, 6) is -1.73. The lowest BCUT2D eigenvalue weighted by molar-refractivity contribution is -0.142. The Balaban J connectivity index is 1.29. The maximum absolute atomic E-state index is 12.6. The van der Waals surface area contributed by atoms with E-state index in [1.165, 1.54) is 11.1 Å². The molecule has 4 rings (SSSR count). The van der Waals surface area contributed by atoms with Crippen LogP contribution in [-0.2, 0) is 14.3 Å². The number of carbonyl (C=O) groups excluding carboxylic acids is 2. The third-order valence-corrected chi connectivity index (χ3v) is 6.55. The number of carbonyl (C=O) groups is 3. The van der Waals surface area contributed by atoms with Crippen molar-refractivity contribution >= 4 is 18.0 Å². The molecule has 1 aliphatic carbocycles. The van der Waals surface area contributed by atoms with E-state index in [4.69, 9.17) is 4.74 Å². The third-order valence-electron chi connectivity index (χ3n) is 6.55. The first-order valence-electron chi connectivity index (χ1n) is 11.1. The Hall–Kier alpha value is -3.61. The molecule has 7 nitrogen and oxygen atoms in total. The number of ether oxygens (including phenoxy) is 1. The minimum atomic E-state index is -0.878. The van der Waals surface area contributed by atoms with Crippen molar-refractivity contribution in [3.63, 3.8) is 0 Å². The number of amides is 2. The average molecular weight is 449 g/mol. The highest BCUT2D eigenvalue weighted by atomic mass is 16.5. The number of rotatable bonds is 6. The molecule has 2 aromatic rings. The summed E-state index contributed by atoms with van der Waals surface area (Å²) in [6, 6.07) is 16.3. The number of likely N-dealkylation sites (tertiary alicyclic amines) is 1. The Labute approximate surface area is 193 Å². The van der Waals surface area contributed by atoms with E-state index in [0.29, 0.717) is 12.1 Å². The second-order valence-electron chi connectivity index (χ2n) is 8.73. The summed E-state index contributed by atoms with van der Waals surface area (Å²) in [7, 11) is 0. The predicted octanol–water partition coefficient (Wildman–Crippen LogP) is 3.65. The van der Waals surface area contributed by atoms with E-state index in [0.717, 1.165) is 11.1 Å². The first-order chi connectivity index (χ1) is 15.9.